The van der Waals surface area contributed by atoms with Crippen molar-refractivity contribution in [3.63, 3.8) is 0 Å². The smallest absolute Gasteiger partial charge is 0.237 e. The molecule has 3 atom stereocenters. The second-order valence-corrected chi connectivity index (χ2v) is 9.11. The predicted molar refractivity (Wildman–Crippen MR) is 125 cm³/mol. The van der Waals surface area contributed by atoms with Gasteiger partial charge in [0, 0.05) is 38.3 Å². The molecule has 2 aliphatic heterocycles. The van der Waals surface area contributed by atoms with Crippen LogP contribution in [0.25, 0.3) is 0 Å². The summed E-state index contributed by atoms with van der Waals surface area (Å²) in [4.78, 5) is 18.6. The normalized spacial score (nSPS) is 23.7. The minimum absolute atomic E-state index is 0.0857. The number of carbonyl (C=O) groups is 1. The predicted octanol–water partition coefficient (Wildman–Crippen LogP) is 2.00. The van der Waals surface area contributed by atoms with Crippen LogP contribution in [0, 0.1) is 0 Å². The monoisotopic (exact) mass is 437 g/mol. The first-order valence-corrected chi connectivity index (χ1v) is 11.7. The van der Waals surface area contributed by atoms with Crippen molar-refractivity contribution in [2.45, 2.75) is 43.4 Å². The quantitative estimate of drug-likeness (QED) is 0.723. The number of rotatable bonds is 6. The molecule has 1 unspecified atom stereocenters. The Bertz CT molecular complexity index is 831. The molecule has 2 aromatic rings. The van der Waals surface area contributed by atoms with E-state index in [0.29, 0.717) is 39.3 Å². The van der Waals surface area contributed by atoms with Gasteiger partial charge in [-0.1, -0.05) is 60.7 Å². The van der Waals surface area contributed by atoms with Crippen molar-refractivity contribution in [1.82, 2.24) is 9.80 Å². The highest BCUT2D eigenvalue weighted by molar-refractivity contribution is 5.92. The first-order chi connectivity index (χ1) is 15.5. The van der Waals surface area contributed by atoms with E-state index in [-0.39, 0.29) is 18.0 Å². The van der Waals surface area contributed by atoms with Crippen LogP contribution in [0.1, 0.15) is 30.9 Å². The number of amides is 1. The van der Waals surface area contributed by atoms with Crippen LogP contribution in [0.5, 0.6) is 0 Å². The lowest BCUT2D eigenvalue weighted by molar-refractivity contribution is -0.141. The molecule has 0 bridgehead atoms. The zero-order valence-electron chi connectivity index (χ0n) is 18.9. The summed E-state index contributed by atoms with van der Waals surface area (Å²) < 4.78 is 5.53. The lowest BCUT2D eigenvalue weighted by Crippen LogP contribution is -2.56. The number of hydrogen-bond acceptors (Lipinski definition) is 5. The molecule has 2 heterocycles. The standard InChI is InChI=1S/C26H35N3O3/c1-20(29-13-12-23(27)24(30)19-29)18-26(21-8-4-2-5-9-21,22-10-6-3-7-11-22)25(31)28-14-16-32-17-15-28/h2-11,20,23-24,30H,12-19,27H2,1H3/t20?,23-,24-/m0/s1. The van der Waals surface area contributed by atoms with E-state index in [1.165, 1.54) is 0 Å². The van der Waals surface area contributed by atoms with Gasteiger partial charge in [-0.25, -0.2) is 0 Å². The van der Waals surface area contributed by atoms with Gasteiger partial charge in [-0.3, -0.25) is 9.69 Å². The topological polar surface area (TPSA) is 79.0 Å². The van der Waals surface area contributed by atoms with E-state index in [4.69, 9.17) is 10.5 Å². The van der Waals surface area contributed by atoms with Crippen molar-refractivity contribution in [2.24, 2.45) is 5.73 Å². The molecule has 0 radical (unpaired) electrons. The number of hydrogen-bond donors (Lipinski definition) is 2. The molecule has 3 N–H and O–H groups in total. The fraction of sp³-hybridized carbons (Fsp3) is 0.500. The summed E-state index contributed by atoms with van der Waals surface area (Å²) in [6.45, 7) is 5.86. The molecule has 32 heavy (non-hydrogen) atoms. The molecule has 4 rings (SSSR count). The van der Waals surface area contributed by atoms with Crippen molar-refractivity contribution in [3.8, 4) is 0 Å². The van der Waals surface area contributed by atoms with Crippen molar-refractivity contribution in [1.29, 1.82) is 0 Å². The third kappa shape index (κ3) is 4.59. The number of benzene rings is 2. The number of morpholine rings is 1. The second-order valence-electron chi connectivity index (χ2n) is 9.11. The molecule has 172 valence electrons. The highest BCUT2D eigenvalue weighted by Gasteiger charge is 2.46. The molecular weight excluding hydrogens is 402 g/mol. The summed E-state index contributed by atoms with van der Waals surface area (Å²) in [5, 5.41) is 10.4. The largest absolute Gasteiger partial charge is 0.390 e. The molecule has 0 saturated carbocycles. The molecule has 0 spiro atoms. The molecule has 0 aromatic heterocycles. The molecular formula is C26H35N3O3. The van der Waals surface area contributed by atoms with Gasteiger partial charge in [0.15, 0.2) is 0 Å². The van der Waals surface area contributed by atoms with Gasteiger partial charge in [0.05, 0.1) is 19.3 Å². The number of likely N-dealkylation sites (tertiary alicyclic amines) is 1. The minimum atomic E-state index is -0.816. The Morgan fingerprint density at radius 2 is 1.62 bits per heavy atom. The average molecular weight is 438 g/mol. The molecule has 2 aromatic carbocycles. The Hall–Kier alpha value is -2.25. The lowest BCUT2D eigenvalue weighted by Gasteiger charge is -2.44. The van der Waals surface area contributed by atoms with E-state index < -0.39 is 11.5 Å². The van der Waals surface area contributed by atoms with Gasteiger partial charge < -0.3 is 20.5 Å². The third-order valence-electron chi connectivity index (χ3n) is 7.09. The number of nitrogens with zero attached hydrogens (tertiary/aromatic N) is 2. The van der Waals surface area contributed by atoms with Gasteiger partial charge in [-0.15, -0.1) is 0 Å². The van der Waals surface area contributed by atoms with E-state index in [1.54, 1.807) is 0 Å². The number of β-amino-alcohol motifs (C(OH)–C–C–N with tert-alkyl or cyclic N) is 1. The molecule has 0 aliphatic carbocycles. The summed E-state index contributed by atoms with van der Waals surface area (Å²) in [6, 6.07) is 20.2. The summed E-state index contributed by atoms with van der Waals surface area (Å²) in [7, 11) is 0. The van der Waals surface area contributed by atoms with Crippen LogP contribution < -0.4 is 5.73 Å². The zero-order chi connectivity index (χ0) is 22.6. The fourth-order valence-electron chi connectivity index (χ4n) is 5.17. The minimum Gasteiger partial charge on any atom is -0.390 e. The van der Waals surface area contributed by atoms with Crippen LogP contribution in [-0.4, -0.2) is 78.4 Å². The van der Waals surface area contributed by atoms with Crippen molar-refractivity contribution in [2.75, 3.05) is 39.4 Å². The van der Waals surface area contributed by atoms with Crippen LogP contribution >= 0.6 is 0 Å². The van der Waals surface area contributed by atoms with Gasteiger partial charge in [0.1, 0.15) is 5.41 Å². The molecule has 2 fully saturated rings. The Kier molecular flexibility index (Phi) is 7.26. The number of aliphatic hydroxyl groups is 1. The Morgan fingerprint density at radius 1 is 1.06 bits per heavy atom. The maximum absolute atomic E-state index is 14.3. The zero-order valence-corrected chi connectivity index (χ0v) is 18.9. The summed E-state index contributed by atoms with van der Waals surface area (Å²) in [5.74, 6) is 0.124. The van der Waals surface area contributed by atoms with Crippen LogP contribution in [0.2, 0.25) is 0 Å². The summed E-state index contributed by atoms with van der Waals surface area (Å²) >= 11 is 0. The summed E-state index contributed by atoms with van der Waals surface area (Å²) in [5.41, 5.74) is 7.24. The van der Waals surface area contributed by atoms with Gasteiger partial charge in [-0.2, -0.15) is 0 Å². The van der Waals surface area contributed by atoms with Crippen LogP contribution in [0.15, 0.2) is 60.7 Å². The van der Waals surface area contributed by atoms with Gasteiger partial charge in [0.25, 0.3) is 0 Å². The van der Waals surface area contributed by atoms with Crippen LogP contribution in [0.3, 0.4) is 0 Å². The summed E-state index contributed by atoms with van der Waals surface area (Å²) in [6.07, 6.45) is 0.843. The van der Waals surface area contributed by atoms with Gasteiger partial charge in [-0.05, 0) is 30.9 Å². The second kappa shape index (κ2) is 10.1. The van der Waals surface area contributed by atoms with Crippen molar-refractivity contribution in [3.05, 3.63) is 71.8 Å². The average Bonchev–Trinajstić information content (AvgIpc) is 2.85. The number of piperidine rings is 1. The number of ether oxygens (including phenoxy) is 1. The molecule has 6 heteroatoms. The molecule has 2 saturated heterocycles. The SMILES string of the molecule is CC(CC(C(=O)N1CCOCC1)(c1ccccc1)c1ccccc1)N1CC[C@H](N)[C@@H](O)C1. The van der Waals surface area contributed by atoms with Crippen LogP contribution in [-0.2, 0) is 14.9 Å². The van der Waals surface area contributed by atoms with Crippen molar-refractivity contribution >= 4 is 5.91 Å². The van der Waals surface area contributed by atoms with E-state index in [0.717, 1.165) is 24.1 Å². The fourth-order valence-corrected chi connectivity index (χ4v) is 5.17. The van der Waals surface area contributed by atoms with E-state index in [9.17, 15) is 9.90 Å². The Labute approximate surface area is 191 Å². The maximum Gasteiger partial charge on any atom is 0.237 e. The molecule has 1 amide bonds. The van der Waals surface area contributed by atoms with E-state index in [1.807, 2.05) is 41.3 Å². The van der Waals surface area contributed by atoms with Crippen LogP contribution in [0.4, 0.5) is 0 Å². The highest BCUT2D eigenvalue weighted by atomic mass is 16.5. The highest BCUT2D eigenvalue weighted by Crippen LogP contribution is 2.40. The number of carbonyl (C=O) groups excluding carboxylic acids is 1. The Balaban J connectivity index is 1.76. The maximum atomic E-state index is 14.3. The number of nitrogens with two attached hydrogens (primary N) is 1. The Morgan fingerprint density at radius 3 is 2.16 bits per heavy atom. The van der Waals surface area contributed by atoms with Gasteiger partial charge >= 0.3 is 0 Å². The third-order valence-corrected chi connectivity index (χ3v) is 7.09. The number of aliphatic hydroxyl groups excluding tert-OH is 1. The van der Waals surface area contributed by atoms with E-state index >= 15 is 0 Å². The first-order valence-electron chi connectivity index (χ1n) is 11.7. The lowest BCUT2D eigenvalue weighted by atomic mass is 9.69. The van der Waals surface area contributed by atoms with E-state index in [2.05, 4.69) is 36.1 Å². The first kappa shape index (κ1) is 22.9. The van der Waals surface area contributed by atoms with Crippen molar-refractivity contribution < 1.29 is 14.6 Å². The molecule has 2 aliphatic rings. The molecule has 6 nitrogen and oxygen atoms in total. The van der Waals surface area contributed by atoms with Gasteiger partial charge in [0.2, 0.25) is 5.91 Å².